The first kappa shape index (κ1) is 18.6. The topological polar surface area (TPSA) is 65.8 Å². The minimum Gasteiger partial charge on any atom is -0.497 e. The third kappa shape index (κ3) is 4.50. The molecule has 2 aromatic rings. The van der Waals surface area contributed by atoms with Crippen LogP contribution in [0.5, 0.6) is 11.5 Å². The van der Waals surface area contributed by atoms with Gasteiger partial charge in [0.1, 0.15) is 11.5 Å². The minimum absolute atomic E-state index is 0.0354. The Labute approximate surface area is 159 Å². The zero-order chi connectivity index (χ0) is 19.2. The van der Waals surface area contributed by atoms with Crippen molar-refractivity contribution in [2.75, 3.05) is 38.2 Å². The highest BCUT2D eigenvalue weighted by Gasteiger charge is 2.26. The average Bonchev–Trinajstić information content (AvgIpc) is 2.73. The molecular weight excluding hydrogens is 342 g/mol. The molecule has 140 valence electrons. The molecule has 2 aromatic carbocycles. The third-order valence-corrected chi connectivity index (χ3v) is 4.65. The summed E-state index contributed by atoms with van der Waals surface area (Å²) >= 11 is 0. The maximum absolute atomic E-state index is 12.7. The number of carbonyl (C=O) groups is 1. The Morgan fingerprint density at radius 2 is 1.78 bits per heavy atom. The van der Waals surface area contributed by atoms with Gasteiger partial charge in [-0.25, -0.2) is 0 Å². The molecule has 0 N–H and O–H groups in total. The molecular formula is C21H23N3O3. The van der Waals surface area contributed by atoms with Crippen molar-refractivity contribution >= 4 is 11.6 Å². The largest absolute Gasteiger partial charge is 0.497 e. The molecule has 0 aromatic heterocycles. The Bertz CT molecular complexity index is 821. The second-order valence-corrected chi connectivity index (χ2v) is 6.41. The fourth-order valence-electron chi connectivity index (χ4n) is 3.13. The number of methoxy groups -OCH3 is 1. The average molecular weight is 365 g/mol. The van der Waals surface area contributed by atoms with Crippen molar-refractivity contribution in [2.24, 2.45) is 0 Å². The van der Waals surface area contributed by atoms with E-state index in [9.17, 15) is 4.79 Å². The van der Waals surface area contributed by atoms with Crippen LogP contribution in [0.2, 0.25) is 0 Å². The van der Waals surface area contributed by atoms with E-state index in [0.717, 1.165) is 24.5 Å². The molecule has 3 rings (SSSR count). The second kappa shape index (κ2) is 8.45. The quantitative estimate of drug-likeness (QED) is 0.815. The molecule has 6 heteroatoms. The first-order valence-corrected chi connectivity index (χ1v) is 8.95. The summed E-state index contributed by atoms with van der Waals surface area (Å²) in [5, 5.41) is 8.96. The van der Waals surface area contributed by atoms with Crippen LogP contribution in [-0.4, -0.2) is 50.2 Å². The summed E-state index contributed by atoms with van der Waals surface area (Å²) in [6, 6.07) is 16.9. The van der Waals surface area contributed by atoms with Crippen LogP contribution in [-0.2, 0) is 4.79 Å². The number of carbonyl (C=O) groups excluding carboxylic acids is 1. The summed E-state index contributed by atoms with van der Waals surface area (Å²) in [7, 11) is 1.65. The van der Waals surface area contributed by atoms with Crippen LogP contribution >= 0.6 is 0 Å². The molecule has 1 aliphatic heterocycles. The maximum Gasteiger partial charge on any atom is 0.263 e. The molecule has 1 saturated heterocycles. The number of ether oxygens (including phenoxy) is 2. The SMILES string of the molecule is COc1ccc(N2CCN(C(=O)C(C)Oc3cccc(C#N)c3)CC2)cc1. The summed E-state index contributed by atoms with van der Waals surface area (Å²) in [5.41, 5.74) is 1.64. The molecule has 0 spiro atoms. The van der Waals surface area contributed by atoms with Gasteiger partial charge in [0, 0.05) is 31.9 Å². The van der Waals surface area contributed by atoms with Crippen LogP contribution < -0.4 is 14.4 Å². The maximum atomic E-state index is 12.7. The minimum atomic E-state index is -0.591. The molecule has 0 saturated carbocycles. The first-order chi connectivity index (χ1) is 13.1. The number of amides is 1. The van der Waals surface area contributed by atoms with Crippen molar-refractivity contribution < 1.29 is 14.3 Å². The van der Waals surface area contributed by atoms with Gasteiger partial charge in [-0.1, -0.05) is 6.07 Å². The summed E-state index contributed by atoms with van der Waals surface area (Å²) in [6.45, 7) is 4.59. The number of nitriles is 1. The lowest BCUT2D eigenvalue weighted by molar-refractivity contribution is -0.138. The number of rotatable bonds is 5. The highest BCUT2D eigenvalue weighted by molar-refractivity contribution is 5.81. The molecule has 1 amide bonds. The molecule has 1 unspecified atom stereocenters. The summed E-state index contributed by atoms with van der Waals surface area (Å²) in [4.78, 5) is 16.8. The molecule has 27 heavy (non-hydrogen) atoms. The fraction of sp³-hybridized carbons (Fsp3) is 0.333. The Balaban J connectivity index is 1.54. The van der Waals surface area contributed by atoms with Gasteiger partial charge >= 0.3 is 0 Å². The van der Waals surface area contributed by atoms with Crippen LogP contribution in [0.15, 0.2) is 48.5 Å². The Hall–Kier alpha value is -3.20. The standard InChI is InChI=1S/C21H23N3O3/c1-16(27-20-5-3-4-17(14-20)15-22)21(25)24-12-10-23(11-13-24)18-6-8-19(26-2)9-7-18/h3-9,14,16H,10-13H2,1-2H3. The molecule has 0 aliphatic carbocycles. The normalized spacial score (nSPS) is 15.0. The van der Waals surface area contributed by atoms with Gasteiger partial charge in [0.25, 0.3) is 5.91 Å². The van der Waals surface area contributed by atoms with E-state index in [1.807, 2.05) is 29.2 Å². The van der Waals surface area contributed by atoms with Gasteiger partial charge in [-0.15, -0.1) is 0 Å². The van der Waals surface area contributed by atoms with Crippen molar-refractivity contribution in [1.82, 2.24) is 4.90 Å². The van der Waals surface area contributed by atoms with Gasteiger partial charge in [-0.3, -0.25) is 4.79 Å². The zero-order valence-electron chi connectivity index (χ0n) is 15.6. The predicted octanol–water partition coefficient (Wildman–Crippen LogP) is 2.68. The first-order valence-electron chi connectivity index (χ1n) is 8.95. The van der Waals surface area contributed by atoms with Crippen LogP contribution in [0.25, 0.3) is 0 Å². The van der Waals surface area contributed by atoms with E-state index < -0.39 is 6.10 Å². The Kier molecular flexibility index (Phi) is 5.82. The van der Waals surface area contributed by atoms with E-state index in [0.29, 0.717) is 24.4 Å². The third-order valence-electron chi connectivity index (χ3n) is 4.65. The molecule has 0 radical (unpaired) electrons. The number of nitrogens with zero attached hydrogens (tertiary/aromatic N) is 3. The van der Waals surface area contributed by atoms with Gasteiger partial charge in [-0.2, -0.15) is 5.26 Å². The highest BCUT2D eigenvalue weighted by atomic mass is 16.5. The molecule has 1 fully saturated rings. The van der Waals surface area contributed by atoms with Gasteiger partial charge in [0.15, 0.2) is 6.10 Å². The molecule has 1 heterocycles. The monoisotopic (exact) mass is 365 g/mol. The lowest BCUT2D eigenvalue weighted by Crippen LogP contribution is -2.52. The number of benzene rings is 2. The molecule has 0 bridgehead atoms. The van der Waals surface area contributed by atoms with E-state index in [1.54, 1.807) is 38.3 Å². The van der Waals surface area contributed by atoms with Crippen LogP contribution in [0, 0.1) is 11.3 Å². The number of hydrogen-bond acceptors (Lipinski definition) is 5. The Morgan fingerprint density at radius 1 is 1.07 bits per heavy atom. The number of hydrogen-bond donors (Lipinski definition) is 0. The van der Waals surface area contributed by atoms with E-state index >= 15 is 0 Å². The highest BCUT2D eigenvalue weighted by Crippen LogP contribution is 2.21. The van der Waals surface area contributed by atoms with Crippen LogP contribution in [0.1, 0.15) is 12.5 Å². The van der Waals surface area contributed by atoms with Crippen molar-refractivity contribution in [2.45, 2.75) is 13.0 Å². The number of piperazine rings is 1. The fourth-order valence-corrected chi connectivity index (χ4v) is 3.13. The molecule has 1 atom stereocenters. The van der Waals surface area contributed by atoms with Gasteiger partial charge in [0.2, 0.25) is 0 Å². The predicted molar refractivity (Wildman–Crippen MR) is 103 cm³/mol. The zero-order valence-corrected chi connectivity index (χ0v) is 15.6. The molecule has 1 aliphatic rings. The summed E-state index contributed by atoms with van der Waals surface area (Å²) in [5.74, 6) is 1.33. The van der Waals surface area contributed by atoms with Crippen molar-refractivity contribution in [3.05, 3.63) is 54.1 Å². The van der Waals surface area contributed by atoms with Crippen molar-refractivity contribution in [1.29, 1.82) is 5.26 Å². The second-order valence-electron chi connectivity index (χ2n) is 6.41. The smallest absolute Gasteiger partial charge is 0.263 e. The summed E-state index contributed by atoms with van der Waals surface area (Å²) < 4.78 is 10.9. The van der Waals surface area contributed by atoms with Gasteiger partial charge in [-0.05, 0) is 49.4 Å². The van der Waals surface area contributed by atoms with E-state index in [2.05, 4.69) is 11.0 Å². The van der Waals surface area contributed by atoms with E-state index in [4.69, 9.17) is 14.7 Å². The lowest BCUT2D eigenvalue weighted by atomic mass is 10.2. The molecule has 6 nitrogen and oxygen atoms in total. The van der Waals surface area contributed by atoms with Crippen LogP contribution in [0.3, 0.4) is 0 Å². The lowest BCUT2D eigenvalue weighted by Gasteiger charge is -2.37. The van der Waals surface area contributed by atoms with E-state index in [-0.39, 0.29) is 5.91 Å². The van der Waals surface area contributed by atoms with Crippen molar-refractivity contribution in [3.8, 4) is 17.6 Å². The van der Waals surface area contributed by atoms with Gasteiger partial charge in [0.05, 0.1) is 18.7 Å². The number of anilines is 1. The van der Waals surface area contributed by atoms with Gasteiger partial charge < -0.3 is 19.3 Å². The van der Waals surface area contributed by atoms with Crippen LogP contribution in [0.4, 0.5) is 5.69 Å². The van der Waals surface area contributed by atoms with Crippen molar-refractivity contribution in [3.63, 3.8) is 0 Å². The summed E-state index contributed by atoms with van der Waals surface area (Å²) in [6.07, 6.45) is -0.591. The Morgan fingerprint density at radius 3 is 2.41 bits per heavy atom. The van der Waals surface area contributed by atoms with E-state index in [1.165, 1.54) is 0 Å².